The Labute approximate surface area is 157 Å². The van der Waals surface area contributed by atoms with Gasteiger partial charge in [-0.2, -0.15) is 0 Å². The Morgan fingerprint density at radius 1 is 1.26 bits per heavy atom. The number of nitrogens with one attached hydrogen (secondary N) is 2. The molecule has 8 heteroatoms. The van der Waals surface area contributed by atoms with E-state index in [1.54, 1.807) is 19.1 Å². The summed E-state index contributed by atoms with van der Waals surface area (Å²) in [5.41, 5.74) is 0.363. The van der Waals surface area contributed by atoms with Gasteiger partial charge in [-0.3, -0.25) is 14.5 Å². The van der Waals surface area contributed by atoms with Gasteiger partial charge in [0.15, 0.2) is 0 Å². The van der Waals surface area contributed by atoms with Crippen LogP contribution in [0, 0.1) is 6.92 Å². The van der Waals surface area contributed by atoms with Crippen LogP contribution in [-0.2, 0) is 19.9 Å². The molecule has 1 saturated heterocycles. The summed E-state index contributed by atoms with van der Waals surface area (Å²) in [6.07, 6.45) is 1.73. The number of carbonyl (C=O) groups is 4. The summed E-state index contributed by atoms with van der Waals surface area (Å²) in [7, 11) is 0. The number of nitrogens with zero attached hydrogens (tertiary/aromatic N) is 1. The number of aryl methyl sites for hydroxylation is 1. The fourth-order valence-electron chi connectivity index (χ4n) is 2.97. The zero-order valence-corrected chi connectivity index (χ0v) is 15.7. The Morgan fingerprint density at radius 3 is 2.44 bits per heavy atom. The molecule has 1 aromatic carbocycles. The predicted octanol–water partition coefficient (Wildman–Crippen LogP) is 1.52. The second kappa shape index (κ2) is 8.20. The van der Waals surface area contributed by atoms with Crippen LogP contribution in [0.3, 0.4) is 0 Å². The zero-order valence-electron chi connectivity index (χ0n) is 15.7. The first-order valence-corrected chi connectivity index (χ1v) is 8.92. The van der Waals surface area contributed by atoms with E-state index in [0.29, 0.717) is 18.4 Å². The predicted molar refractivity (Wildman–Crippen MR) is 97.9 cm³/mol. The third-order valence-corrected chi connectivity index (χ3v) is 4.69. The first-order valence-electron chi connectivity index (χ1n) is 8.92. The van der Waals surface area contributed by atoms with Gasteiger partial charge in [0.1, 0.15) is 18.1 Å². The molecule has 2 rings (SSSR count). The summed E-state index contributed by atoms with van der Waals surface area (Å²) in [5, 5.41) is 14.2. The van der Waals surface area contributed by atoms with Gasteiger partial charge in [0.05, 0.1) is 0 Å². The highest BCUT2D eigenvalue weighted by Gasteiger charge is 2.49. The van der Waals surface area contributed by atoms with Crippen molar-refractivity contribution < 1.29 is 24.3 Å². The van der Waals surface area contributed by atoms with E-state index in [0.717, 1.165) is 16.9 Å². The fourth-order valence-corrected chi connectivity index (χ4v) is 2.97. The minimum Gasteiger partial charge on any atom is -0.480 e. The average molecular weight is 375 g/mol. The second-order valence-electron chi connectivity index (χ2n) is 6.91. The third-order valence-electron chi connectivity index (χ3n) is 4.69. The van der Waals surface area contributed by atoms with E-state index in [1.807, 2.05) is 26.0 Å². The molecular weight excluding hydrogens is 350 g/mol. The molecule has 27 heavy (non-hydrogen) atoms. The van der Waals surface area contributed by atoms with E-state index in [-0.39, 0.29) is 0 Å². The van der Waals surface area contributed by atoms with E-state index in [4.69, 9.17) is 0 Å². The highest BCUT2D eigenvalue weighted by atomic mass is 16.4. The number of benzene rings is 1. The highest BCUT2D eigenvalue weighted by molar-refractivity contribution is 6.09. The van der Waals surface area contributed by atoms with Gasteiger partial charge < -0.3 is 15.7 Å². The van der Waals surface area contributed by atoms with Crippen molar-refractivity contribution >= 4 is 23.8 Å². The Morgan fingerprint density at radius 2 is 1.89 bits per heavy atom. The smallest absolute Gasteiger partial charge is 0.326 e. The number of imide groups is 1. The van der Waals surface area contributed by atoms with Crippen molar-refractivity contribution in [3.8, 4) is 0 Å². The maximum absolute atomic E-state index is 12.8. The number of aliphatic carboxylic acids is 1. The number of carboxylic acids is 1. The molecule has 3 N–H and O–H groups in total. The minimum atomic E-state index is -1.26. The summed E-state index contributed by atoms with van der Waals surface area (Å²) in [5.74, 6) is -2.37. The molecule has 1 aromatic rings. The van der Waals surface area contributed by atoms with Gasteiger partial charge in [0.2, 0.25) is 5.91 Å². The lowest BCUT2D eigenvalue weighted by molar-refractivity contribution is -0.142. The number of carbonyl (C=O) groups excluding carboxylic acids is 3. The Hall–Kier alpha value is -2.90. The molecule has 1 fully saturated rings. The molecule has 0 spiro atoms. The second-order valence-corrected chi connectivity index (χ2v) is 6.91. The Kier molecular flexibility index (Phi) is 6.20. The number of urea groups is 1. The summed E-state index contributed by atoms with van der Waals surface area (Å²) in [6.45, 7) is 4.88. The van der Waals surface area contributed by atoms with E-state index < -0.39 is 41.9 Å². The van der Waals surface area contributed by atoms with E-state index in [9.17, 15) is 24.3 Å². The Bertz CT molecular complexity index is 746. The first-order chi connectivity index (χ1) is 12.7. The molecule has 1 aliphatic rings. The number of unbranched alkanes of at least 4 members (excludes halogenated alkanes) is 1. The number of hydrogen-bond donors (Lipinski definition) is 3. The van der Waals surface area contributed by atoms with Gasteiger partial charge in [-0.1, -0.05) is 49.6 Å². The molecule has 0 bridgehead atoms. The fraction of sp³-hybridized carbons (Fsp3) is 0.474. The van der Waals surface area contributed by atoms with Gasteiger partial charge in [0.25, 0.3) is 5.91 Å². The number of amides is 4. The van der Waals surface area contributed by atoms with Gasteiger partial charge in [0, 0.05) is 0 Å². The molecule has 1 unspecified atom stereocenters. The molecular formula is C19H25N3O5. The number of hydrogen-bond acceptors (Lipinski definition) is 4. The lowest BCUT2D eigenvalue weighted by atomic mass is 9.91. The number of rotatable bonds is 8. The normalized spacial score (nSPS) is 20.3. The first kappa shape index (κ1) is 20.4. The van der Waals surface area contributed by atoms with Crippen LogP contribution in [0.25, 0.3) is 0 Å². The quantitative estimate of drug-likeness (QED) is 0.596. The van der Waals surface area contributed by atoms with Crippen LogP contribution in [0.4, 0.5) is 4.79 Å². The van der Waals surface area contributed by atoms with Crippen LogP contribution in [0.15, 0.2) is 24.3 Å². The maximum atomic E-state index is 12.8. The molecule has 146 valence electrons. The summed E-state index contributed by atoms with van der Waals surface area (Å²) >= 11 is 0. The van der Waals surface area contributed by atoms with Gasteiger partial charge in [-0.05, 0) is 25.8 Å². The van der Waals surface area contributed by atoms with Crippen LogP contribution in [0.5, 0.6) is 0 Å². The maximum Gasteiger partial charge on any atom is 0.326 e. The van der Waals surface area contributed by atoms with Crippen molar-refractivity contribution in [3.05, 3.63) is 35.4 Å². The third kappa shape index (κ3) is 4.45. The van der Waals surface area contributed by atoms with Crippen molar-refractivity contribution in [2.45, 2.75) is 51.6 Å². The Balaban J connectivity index is 2.09. The van der Waals surface area contributed by atoms with E-state index >= 15 is 0 Å². The number of carboxylic acid groups (broad SMARTS) is 1. The van der Waals surface area contributed by atoms with Crippen LogP contribution in [0.1, 0.15) is 44.2 Å². The summed E-state index contributed by atoms with van der Waals surface area (Å²) < 4.78 is 0. The van der Waals surface area contributed by atoms with Gasteiger partial charge in [-0.15, -0.1) is 0 Å². The van der Waals surface area contributed by atoms with Crippen molar-refractivity contribution in [2.75, 3.05) is 6.54 Å². The van der Waals surface area contributed by atoms with Gasteiger partial charge >= 0.3 is 12.0 Å². The standard InChI is InChI=1S/C19H25N3O5/c1-4-5-6-14(16(24)25)20-15(23)11-22-17(26)19(3,21-18(22)27)13-9-7-12(2)8-10-13/h7-10,14H,4-6,11H2,1-3H3,(H,20,23)(H,21,27)(H,24,25)/t14-,19?/m0/s1. The molecule has 1 heterocycles. The van der Waals surface area contributed by atoms with E-state index in [1.165, 1.54) is 0 Å². The van der Waals surface area contributed by atoms with Crippen molar-refractivity contribution in [1.82, 2.24) is 15.5 Å². The molecule has 2 atom stereocenters. The van der Waals surface area contributed by atoms with Gasteiger partial charge in [-0.25, -0.2) is 9.59 Å². The SMILES string of the molecule is CCCC[C@H](NC(=O)CN1C(=O)NC(C)(c2ccc(C)cc2)C1=O)C(=O)O. The van der Waals surface area contributed by atoms with Crippen molar-refractivity contribution in [1.29, 1.82) is 0 Å². The summed E-state index contributed by atoms with van der Waals surface area (Å²) in [4.78, 5) is 49.3. The van der Waals surface area contributed by atoms with Crippen LogP contribution >= 0.6 is 0 Å². The topological polar surface area (TPSA) is 116 Å². The molecule has 0 saturated carbocycles. The molecule has 4 amide bonds. The monoisotopic (exact) mass is 375 g/mol. The highest BCUT2D eigenvalue weighted by Crippen LogP contribution is 2.28. The van der Waals surface area contributed by atoms with Crippen LogP contribution in [0.2, 0.25) is 0 Å². The molecule has 1 aliphatic heterocycles. The lowest BCUT2D eigenvalue weighted by Gasteiger charge is -2.22. The lowest BCUT2D eigenvalue weighted by Crippen LogP contribution is -2.47. The zero-order chi connectivity index (χ0) is 20.2. The van der Waals surface area contributed by atoms with Crippen molar-refractivity contribution in [2.24, 2.45) is 0 Å². The molecule has 8 nitrogen and oxygen atoms in total. The average Bonchev–Trinajstić information content (AvgIpc) is 2.83. The van der Waals surface area contributed by atoms with E-state index in [2.05, 4.69) is 10.6 Å². The molecule has 0 aromatic heterocycles. The minimum absolute atomic E-state index is 0.290. The van der Waals surface area contributed by atoms with Crippen molar-refractivity contribution in [3.63, 3.8) is 0 Å². The van der Waals surface area contributed by atoms with Crippen LogP contribution < -0.4 is 10.6 Å². The summed E-state index contributed by atoms with van der Waals surface area (Å²) in [6, 6.07) is 5.45. The molecule has 0 aliphatic carbocycles. The van der Waals surface area contributed by atoms with Crippen LogP contribution in [-0.4, -0.2) is 46.4 Å². The molecule has 0 radical (unpaired) electrons. The largest absolute Gasteiger partial charge is 0.480 e.